The lowest BCUT2D eigenvalue weighted by Gasteiger charge is -2.04. The standard InChI is InChI=1S/C28H34Cl2N6S2.BrH/c29-23-15-11-13-21(19-23)25-33-35(27(31)37-25)17-9-7-5-3-1-2-4-6-8-10-18-36-28(32)38-26(34-36)22-14-12-16-24(30)20-22;/h11-16,19-20,31-32H,1-10,17-18H2;1H. The number of aryl methyl sites for hydroxylation is 2. The maximum atomic E-state index is 8.21. The molecule has 0 atom stereocenters. The molecule has 39 heavy (non-hydrogen) atoms. The van der Waals surface area contributed by atoms with E-state index in [-0.39, 0.29) is 17.0 Å². The Morgan fingerprint density at radius 2 is 0.949 bits per heavy atom. The Morgan fingerprint density at radius 3 is 1.31 bits per heavy atom. The van der Waals surface area contributed by atoms with Crippen LogP contribution in [0.15, 0.2) is 48.5 Å². The first-order valence-corrected chi connectivity index (χ1v) is 15.7. The van der Waals surface area contributed by atoms with E-state index in [0.29, 0.717) is 19.6 Å². The van der Waals surface area contributed by atoms with Gasteiger partial charge in [0.15, 0.2) is 0 Å². The van der Waals surface area contributed by atoms with Gasteiger partial charge < -0.3 is 0 Å². The van der Waals surface area contributed by atoms with Gasteiger partial charge >= 0.3 is 0 Å². The van der Waals surface area contributed by atoms with Gasteiger partial charge in [0.25, 0.3) is 0 Å². The molecule has 0 aliphatic heterocycles. The predicted molar refractivity (Wildman–Crippen MR) is 169 cm³/mol. The molecule has 6 nitrogen and oxygen atoms in total. The summed E-state index contributed by atoms with van der Waals surface area (Å²) in [6, 6.07) is 15.3. The van der Waals surface area contributed by atoms with Crippen LogP contribution in [0.5, 0.6) is 0 Å². The van der Waals surface area contributed by atoms with Crippen LogP contribution in [0.2, 0.25) is 10.0 Å². The number of rotatable bonds is 15. The van der Waals surface area contributed by atoms with Gasteiger partial charge in [0.1, 0.15) is 10.0 Å². The average molecular weight is 671 g/mol. The van der Waals surface area contributed by atoms with Crippen molar-refractivity contribution in [2.45, 2.75) is 77.3 Å². The molecule has 210 valence electrons. The summed E-state index contributed by atoms with van der Waals surface area (Å²) in [6.07, 6.45) is 12.0. The topological polar surface area (TPSA) is 83.3 Å². The molecule has 0 saturated heterocycles. The first-order chi connectivity index (χ1) is 18.5. The van der Waals surface area contributed by atoms with Crippen LogP contribution in [0.3, 0.4) is 0 Å². The molecular weight excluding hydrogens is 635 g/mol. The molecule has 0 aliphatic rings. The number of benzene rings is 2. The van der Waals surface area contributed by atoms with Gasteiger partial charge in [-0.2, -0.15) is 10.2 Å². The van der Waals surface area contributed by atoms with E-state index in [1.54, 1.807) is 0 Å². The zero-order chi connectivity index (χ0) is 26.7. The van der Waals surface area contributed by atoms with Gasteiger partial charge in [-0.15, -0.1) is 17.0 Å². The molecule has 0 saturated carbocycles. The van der Waals surface area contributed by atoms with Gasteiger partial charge in [0.2, 0.25) is 9.60 Å². The number of halogens is 3. The summed E-state index contributed by atoms with van der Waals surface area (Å²) in [5.41, 5.74) is 1.95. The Kier molecular flexibility index (Phi) is 13.4. The third kappa shape index (κ3) is 9.97. The van der Waals surface area contributed by atoms with Crippen molar-refractivity contribution in [2.75, 3.05) is 0 Å². The fourth-order valence-corrected chi connectivity index (χ4v) is 6.35. The Morgan fingerprint density at radius 1 is 0.590 bits per heavy atom. The van der Waals surface area contributed by atoms with Crippen molar-refractivity contribution in [1.29, 1.82) is 10.8 Å². The molecule has 0 radical (unpaired) electrons. The van der Waals surface area contributed by atoms with E-state index in [0.717, 1.165) is 47.1 Å². The van der Waals surface area contributed by atoms with Crippen LogP contribution < -0.4 is 9.60 Å². The molecule has 2 aromatic carbocycles. The smallest absolute Gasteiger partial charge is 0.200 e. The number of nitrogens with one attached hydrogen (secondary N) is 2. The van der Waals surface area contributed by atoms with Gasteiger partial charge in [-0.25, -0.2) is 9.36 Å². The van der Waals surface area contributed by atoms with E-state index in [4.69, 9.17) is 34.0 Å². The molecule has 2 N–H and O–H groups in total. The summed E-state index contributed by atoms with van der Waals surface area (Å²) in [4.78, 5) is 0.988. The second-order valence-corrected chi connectivity index (χ2v) is 12.3. The highest BCUT2D eigenvalue weighted by Gasteiger charge is 2.08. The lowest BCUT2D eigenvalue weighted by molar-refractivity contribution is 0.494. The third-order valence-electron chi connectivity index (χ3n) is 6.41. The molecule has 0 bridgehead atoms. The van der Waals surface area contributed by atoms with E-state index in [1.807, 2.05) is 57.9 Å². The van der Waals surface area contributed by atoms with E-state index in [2.05, 4.69) is 10.2 Å². The highest BCUT2D eigenvalue weighted by molar-refractivity contribution is 8.93. The SMILES string of the molecule is Br.N=c1sc(-c2cccc(Cl)c2)nn1CCCCCCCCCCCCn1nc(-c2cccc(Cl)c2)sc1=N. The maximum Gasteiger partial charge on any atom is 0.200 e. The van der Waals surface area contributed by atoms with E-state index >= 15 is 0 Å². The molecule has 0 amide bonds. The lowest BCUT2D eigenvalue weighted by Crippen LogP contribution is -2.14. The van der Waals surface area contributed by atoms with Gasteiger partial charge in [0.05, 0.1) is 0 Å². The second kappa shape index (κ2) is 16.5. The minimum absolute atomic E-state index is 0. The first kappa shape index (κ1) is 31.7. The van der Waals surface area contributed by atoms with Crippen LogP contribution in [0, 0.1) is 10.8 Å². The Hall–Kier alpha value is -1.78. The van der Waals surface area contributed by atoms with Crippen LogP contribution in [-0.2, 0) is 13.1 Å². The van der Waals surface area contributed by atoms with E-state index < -0.39 is 0 Å². The molecule has 0 aliphatic carbocycles. The largest absolute Gasteiger partial charge is 0.274 e. The number of hydrogen-bond donors (Lipinski definition) is 2. The van der Waals surface area contributed by atoms with Crippen LogP contribution in [0.25, 0.3) is 21.1 Å². The molecule has 11 heteroatoms. The van der Waals surface area contributed by atoms with E-state index in [9.17, 15) is 0 Å². The molecular formula is C28H35BrCl2N6S2. The van der Waals surface area contributed by atoms with Crippen molar-refractivity contribution >= 4 is 62.9 Å². The maximum absolute atomic E-state index is 8.21. The number of aromatic nitrogens is 4. The van der Waals surface area contributed by atoms with Gasteiger partial charge in [-0.1, -0.05) is 122 Å². The molecule has 2 aromatic heterocycles. The zero-order valence-corrected chi connectivity index (χ0v) is 26.7. The highest BCUT2D eigenvalue weighted by atomic mass is 79.9. The van der Waals surface area contributed by atoms with Crippen LogP contribution in [0.1, 0.15) is 64.2 Å². The van der Waals surface area contributed by atoms with E-state index in [1.165, 1.54) is 74.0 Å². The molecule has 4 aromatic rings. The first-order valence-electron chi connectivity index (χ1n) is 13.3. The molecule has 2 heterocycles. The van der Waals surface area contributed by atoms with Crippen LogP contribution in [-0.4, -0.2) is 19.6 Å². The summed E-state index contributed by atoms with van der Waals surface area (Å²) in [7, 11) is 0. The fraction of sp³-hybridized carbons (Fsp3) is 0.429. The lowest BCUT2D eigenvalue weighted by atomic mass is 10.1. The summed E-state index contributed by atoms with van der Waals surface area (Å²) >= 11 is 15.0. The number of hydrogen-bond acceptors (Lipinski definition) is 6. The third-order valence-corrected chi connectivity index (χ3v) is 8.71. The van der Waals surface area contributed by atoms with Gasteiger partial charge in [-0.05, 0) is 37.1 Å². The van der Waals surface area contributed by atoms with Crippen LogP contribution >= 0.6 is 62.9 Å². The summed E-state index contributed by atoms with van der Waals surface area (Å²) in [6.45, 7) is 1.60. The van der Waals surface area contributed by atoms with Crippen molar-refractivity contribution in [3.05, 3.63) is 68.2 Å². The van der Waals surface area contributed by atoms with Gasteiger partial charge in [0, 0.05) is 34.3 Å². The fourth-order valence-electron chi connectivity index (χ4n) is 4.36. The quantitative estimate of drug-likeness (QED) is 0.124. The Balaban J connectivity index is 0.00000420. The summed E-state index contributed by atoms with van der Waals surface area (Å²) in [5, 5.41) is 28.7. The predicted octanol–water partition coefficient (Wildman–Crippen LogP) is 8.98. The highest BCUT2D eigenvalue weighted by Crippen LogP contribution is 2.24. The summed E-state index contributed by atoms with van der Waals surface area (Å²) < 4.78 is 3.62. The number of unbranched alkanes of at least 4 members (excludes halogenated alkanes) is 9. The van der Waals surface area contributed by atoms with Crippen molar-refractivity contribution in [1.82, 2.24) is 19.6 Å². The van der Waals surface area contributed by atoms with Crippen molar-refractivity contribution in [2.24, 2.45) is 0 Å². The Bertz CT molecular complexity index is 1320. The minimum Gasteiger partial charge on any atom is -0.274 e. The minimum atomic E-state index is 0. The van der Waals surface area contributed by atoms with Crippen LogP contribution in [0.4, 0.5) is 0 Å². The van der Waals surface area contributed by atoms with Crippen molar-refractivity contribution < 1.29 is 0 Å². The molecule has 0 spiro atoms. The molecule has 4 rings (SSSR count). The Labute approximate surface area is 258 Å². The molecule has 0 unspecified atom stereocenters. The average Bonchev–Trinajstić information content (AvgIpc) is 3.46. The molecule has 0 fully saturated rings. The van der Waals surface area contributed by atoms with Crippen molar-refractivity contribution in [3.8, 4) is 21.1 Å². The zero-order valence-electron chi connectivity index (χ0n) is 21.9. The van der Waals surface area contributed by atoms with Gasteiger partial charge in [-0.3, -0.25) is 10.8 Å². The monoisotopic (exact) mass is 668 g/mol. The van der Waals surface area contributed by atoms with Crippen molar-refractivity contribution in [3.63, 3.8) is 0 Å². The second-order valence-electron chi connectivity index (χ2n) is 9.43. The summed E-state index contributed by atoms with van der Waals surface area (Å²) in [5.74, 6) is 0. The normalized spacial score (nSPS) is 11.0. The number of nitrogens with zero attached hydrogens (tertiary/aromatic N) is 4.